The quantitative estimate of drug-likeness (QED) is 0.761. The van der Waals surface area contributed by atoms with Crippen molar-refractivity contribution in [1.29, 1.82) is 0 Å². The molecule has 2 rings (SSSR count). The van der Waals surface area contributed by atoms with E-state index in [0.29, 0.717) is 18.4 Å². The van der Waals surface area contributed by atoms with E-state index in [-0.39, 0.29) is 12.5 Å². The number of aliphatic hydroxyl groups is 1. The van der Waals surface area contributed by atoms with E-state index in [0.717, 1.165) is 16.8 Å². The number of methoxy groups -OCH3 is 1. The van der Waals surface area contributed by atoms with Gasteiger partial charge in [-0.3, -0.25) is 0 Å². The van der Waals surface area contributed by atoms with Gasteiger partial charge < -0.3 is 19.9 Å². The molecule has 1 aliphatic carbocycles. The van der Waals surface area contributed by atoms with Crippen LogP contribution in [0.1, 0.15) is 25.3 Å². The van der Waals surface area contributed by atoms with Crippen molar-refractivity contribution in [2.75, 3.05) is 20.3 Å². The smallest absolute Gasteiger partial charge is 0.175 e. The Morgan fingerprint density at radius 3 is 2.80 bits per heavy atom. The van der Waals surface area contributed by atoms with E-state index in [9.17, 15) is 0 Å². The molecule has 1 saturated carbocycles. The highest BCUT2D eigenvalue weighted by Gasteiger charge is 2.20. The zero-order chi connectivity index (χ0) is 14.5. The highest BCUT2D eigenvalue weighted by atomic mass is 79.9. The van der Waals surface area contributed by atoms with Gasteiger partial charge >= 0.3 is 0 Å². The van der Waals surface area contributed by atoms with Gasteiger partial charge in [0.05, 0.1) is 18.2 Å². The molecule has 5 heteroatoms. The van der Waals surface area contributed by atoms with Crippen molar-refractivity contribution in [2.24, 2.45) is 5.92 Å². The van der Waals surface area contributed by atoms with Crippen LogP contribution >= 0.6 is 15.9 Å². The summed E-state index contributed by atoms with van der Waals surface area (Å²) in [6.45, 7) is 3.36. The molecule has 20 heavy (non-hydrogen) atoms. The fraction of sp³-hybridized carbons (Fsp3) is 0.600. The van der Waals surface area contributed by atoms with Crippen molar-refractivity contribution in [3.8, 4) is 11.5 Å². The highest BCUT2D eigenvalue weighted by molar-refractivity contribution is 9.10. The van der Waals surface area contributed by atoms with Crippen LogP contribution in [-0.4, -0.2) is 31.5 Å². The maximum atomic E-state index is 9.05. The molecule has 0 heterocycles. The summed E-state index contributed by atoms with van der Waals surface area (Å²) in [6, 6.07) is 4.73. The zero-order valence-electron chi connectivity index (χ0n) is 12.0. The lowest BCUT2D eigenvalue weighted by Crippen LogP contribution is -2.16. The second-order valence-corrected chi connectivity index (χ2v) is 6.22. The van der Waals surface area contributed by atoms with Crippen LogP contribution in [0, 0.1) is 5.92 Å². The molecule has 1 fully saturated rings. The molecule has 1 aromatic carbocycles. The summed E-state index contributed by atoms with van der Waals surface area (Å²) in [5.41, 5.74) is 1.17. The first kappa shape index (κ1) is 15.6. The fourth-order valence-electron chi connectivity index (χ4n) is 1.84. The SMILES string of the molecule is COc1cc(CNC2CC2)cc(Br)c1OCC(C)CO. The van der Waals surface area contributed by atoms with E-state index in [1.54, 1.807) is 7.11 Å². The summed E-state index contributed by atoms with van der Waals surface area (Å²) >= 11 is 3.54. The first-order chi connectivity index (χ1) is 9.63. The Morgan fingerprint density at radius 2 is 2.20 bits per heavy atom. The first-order valence-corrected chi connectivity index (χ1v) is 7.76. The maximum Gasteiger partial charge on any atom is 0.175 e. The molecule has 0 aromatic heterocycles. The summed E-state index contributed by atoms with van der Waals surface area (Å²) in [7, 11) is 1.64. The van der Waals surface area contributed by atoms with Gasteiger partial charge in [-0.2, -0.15) is 0 Å². The monoisotopic (exact) mass is 343 g/mol. The van der Waals surface area contributed by atoms with E-state index < -0.39 is 0 Å². The lowest BCUT2D eigenvalue weighted by molar-refractivity contribution is 0.170. The van der Waals surface area contributed by atoms with Gasteiger partial charge in [0.2, 0.25) is 0 Å². The molecular weight excluding hydrogens is 322 g/mol. The third-order valence-electron chi connectivity index (χ3n) is 3.29. The number of ether oxygens (including phenoxy) is 2. The number of halogens is 1. The molecule has 0 radical (unpaired) electrons. The minimum atomic E-state index is 0.0998. The molecule has 1 atom stereocenters. The molecule has 1 aliphatic rings. The van der Waals surface area contributed by atoms with Crippen molar-refractivity contribution in [1.82, 2.24) is 5.32 Å². The largest absolute Gasteiger partial charge is 0.493 e. The number of benzene rings is 1. The van der Waals surface area contributed by atoms with E-state index in [1.165, 1.54) is 18.4 Å². The standard InChI is InChI=1S/C15H22BrNO3/c1-10(8-18)9-20-15-13(16)5-11(6-14(15)19-2)7-17-12-3-4-12/h5-6,10,12,17-18H,3-4,7-9H2,1-2H3. The fourth-order valence-corrected chi connectivity index (χ4v) is 2.45. The number of hydrogen-bond acceptors (Lipinski definition) is 4. The van der Waals surface area contributed by atoms with Crippen LogP contribution < -0.4 is 14.8 Å². The lowest BCUT2D eigenvalue weighted by Gasteiger charge is -2.16. The molecule has 2 N–H and O–H groups in total. The Bertz CT molecular complexity index is 449. The first-order valence-electron chi connectivity index (χ1n) is 6.97. The van der Waals surface area contributed by atoms with Crippen molar-refractivity contribution < 1.29 is 14.6 Å². The number of rotatable bonds is 8. The van der Waals surface area contributed by atoms with E-state index in [1.807, 2.05) is 13.0 Å². The third kappa shape index (κ3) is 4.36. The van der Waals surface area contributed by atoms with Crippen LogP contribution in [0.4, 0.5) is 0 Å². The summed E-state index contributed by atoms with van der Waals surface area (Å²) in [6.07, 6.45) is 2.55. The molecule has 112 valence electrons. The molecule has 0 amide bonds. The summed E-state index contributed by atoms with van der Waals surface area (Å²) in [5, 5.41) is 12.5. The van der Waals surface area contributed by atoms with Crippen molar-refractivity contribution in [2.45, 2.75) is 32.4 Å². The van der Waals surface area contributed by atoms with Crippen LogP contribution in [0.2, 0.25) is 0 Å². The van der Waals surface area contributed by atoms with Crippen LogP contribution in [0.25, 0.3) is 0 Å². The highest BCUT2D eigenvalue weighted by Crippen LogP contribution is 2.37. The molecular formula is C15H22BrNO3. The number of hydrogen-bond donors (Lipinski definition) is 2. The zero-order valence-corrected chi connectivity index (χ0v) is 13.6. The average Bonchev–Trinajstić information content (AvgIpc) is 3.27. The molecule has 0 spiro atoms. The predicted octanol–water partition coefficient (Wildman–Crippen LogP) is 2.72. The van der Waals surface area contributed by atoms with Gasteiger partial charge in [-0.25, -0.2) is 0 Å². The summed E-state index contributed by atoms with van der Waals surface area (Å²) in [5.74, 6) is 1.52. The normalized spacial score (nSPS) is 16.0. The van der Waals surface area contributed by atoms with Gasteiger partial charge in [0, 0.05) is 25.1 Å². The van der Waals surface area contributed by atoms with Crippen LogP contribution in [0.3, 0.4) is 0 Å². The predicted molar refractivity (Wildman–Crippen MR) is 82.3 cm³/mol. The van der Waals surface area contributed by atoms with Gasteiger partial charge in [-0.15, -0.1) is 0 Å². The lowest BCUT2D eigenvalue weighted by atomic mass is 10.2. The minimum absolute atomic E-state index is 0.0998. The van der Waals surface area contributed by atoms with E-state index in [4.69, 9.17) is 14.6 Å². The molecule has 4 nitrogen and oxygen atoms in total. The van der Waals surface area contributed by atoms with Gasteiger partial charge in [0.1, 0.15) is 0 Å². The molecule has 0 aliphatic heterocycles. The Hall–Kier alpha value is -0.780. The van der Waals surface area contributed by atoms with Gasteiger partial charge in [-0.1, -0.05) is 6.92 Å². The molecule has 1 unspecified atom stereocenters. The molecule has 1 aromatic rings. The second kappa shape index (κ2) is 7.29. The average molecular weight is 344 g/mol. The van der Waals surface area contributed by atoms with E-state index >= 15 is 0 Å². The van der Waals surface area contributed by atoms with Crippen LogP contribution in [0.15, 0.2) is 16.6 Å². The Balaban J connectivity index is 2.05. The Kier molecular flexibility index (Phi) is 5.69. The Morgan fingerprint density at radius 1 is 1.45 bits per heavy atom. The molecule has 0 saturated heterocycles. The van der Waals surface area contributed by atoms with E-state index in [2.05, 4.69) is 27.3 Å². The second-order valence-electron chi connectivity index (χ2n) is 5.36. The van der Waals surface area contributed by atoms with Gasteiger partial charge in [0.15, 0.2) is 11.5 Å². The minimum Gasteiger partial charge on any atom is -0.493 e. The van der Waals surface area contributed by atoms with Crippen LogP contribution in [0.5, 0.6) is 11.5 Å². The van der Waals surface area contributed by atoms with Crippen molar-refractivity contribution in [3.63, 3.8) is 0 Å². The third-order valence-corrected chi connectivity index (χ3v) is 3.87. The summed E-state index contributed by atoms with van der Waals surface area (Å²) < 4.78 is 12.0. The van der Waals surface area contributed by atoms with Gasteiger partial charge in [-0.05, 0) is 46.5 Å². The van der Waals surface area contributed by atoms with Crippen LogP contribution in [-0.2, 0) is 6.54 Å². The maximum absolute atomic E-state index is 9.05. The molecule has 0 bridgehead atoms. The van der Waals surface area contributed by atoms with Crippen molar-refractivity contribution in [3.05, 3.63) is 22.2 Å². The number of nitrogens with one attached hydrogen (secondary N) is 1. The van der Waals surface area contributed by atoms with Gasteiger partial charge in [0.25, 0.3) is 0 Å². The summed E-state index contributed by atoms with van der Waals surface area (Å²) in [4.78, 5) is 0. The Labute approximate surface area is 128 Å². The topological polar surface area (TPSA) is 50.7 Å². The number of aliphatic hydroxyl groups excluding tert-OH is 1. The van der Waals surface area contributed by atoms with Crippen molar-refractivity contribution >= 4 is 15.9 Å².